The molecule has 1 aromatic heterocycles. The van der Waals surface area contributed by atoms with Crippen LogP contribution in [0.4, 0.5) is 11.5 Å². The second kappa shape index (κ2) is 11.1. The Labute approximate surface area is 178 Å². The van der Waals surface area contributed by atoms with E-state index in [-0.39, 0.29) is 11.2 Å². The van der Waals surface area contributed by atoms with E-state index >= 15 is 0 Å². The van der Waals surface area contributed by atoms with Crippen molar-refractivity contribution in [3.63, 3.8) is 0 Å². The molecule has 1 aliphatic rings. The Hall–Kier alpha value is -2.38. The lowest BCUT2D eigenvalue weighted by Gasteiger charge is -2.11. The van der Waals surface area contributed by atoms with E-state index < -0.39 is 0 Å². The van der Waals surface area contributed by atoms with E-state index in [1.165, 1.54) is 28.2 Å². The monoisotopic (exact) mass is 413 g/mol. The van der Waals surface area contributed by atoms with Crippen LogP contribution < -0.4 is 27.2 Å². The first kappa shape index (κ1) is 22.3. The minimum atomic E-state index is -0.361. The first-order valence-electron chi connectivity index (χ1n) is 11.2. The van der Waals surface area contributed by atoms with E-state index in [1.54, 1.807) is 0 Å². The number of aromatic amines is 1. The zero-order chi connectivity index (χ0) is 21.3. The highest BCUT2D eigenvalue weighted by molar-refractivity contribution is 5.57. The molecular weight excluding hydrogens is 378 g/mol. The molecule has 0 bridgehead atoms. The molecular formula is C23H35N5O2. The first-order chi connectivity index (χ1) is 14.6. The third-order valence-corrected chi connectivity index (χ3v) is 5.86. The fraction of sp³-hybridized carbons (Fsp3) is 0.565. The molecule has 0 aliphatic carbocycles. The smallest absolute Gasteiger partial charge is 0.329 e. The third-order valence-electron chi connectivity index (χ3n) is 5.86. The molecule has 0 spiro atoms. The van der Waals surface area contributed by atoms with Gasteiger partial charge in [-0.3, -0.25) is 14.3 Å². The molecule has 2 aromatic rings. The van der Waals surface area contributed by atoms with Crippen LogP contribution in [0, 0.1) is 12.8 Å². The normalized spacial score (nSPS) is 16.1. The van der Waals surface area contributed by atoms with Crippen LogP contribution in [0.5, 0.6) is 0 Å². The van der Waals surface area contributed by atoms with Gasteiger partial charge in [-0.25, -0.2) is 4.79 Å². The Morgan fingerprint density at radius 3 is 2.77 bits per heavy atom. The van der Waals surface area contributed by atoms with Gasteiger partial charge in [0.05, 0.1) is 0 Å². The molecule has 4 N–H and O–H groups in total. The second-order valence-electron chi connectivity index (χ2n) is 8.22. The number of anilines is 2. The fourth-order valence-corrected chi connectivity index (χ4v) is 3.98. The minimum Gasteiger partial charge on any atom is -0.342 e. The van der Waals surface area contributed by atoms with Crippen LogP contribution >= 0.6 is 0 Å². The number of hydrogen-bond acceptors (Lipinski definition) is 5. The number of aryl methyl sites for hydroxylation is 2. The second-order valence-corrected chi connectivity index (χ2v) is 8.22. The molecule has 0 amide bonds. The van der Waals surface area contributed by atoms with E-state index in [0.717, 1.165) is 63.5 Å². The average molecular weight is 414 g/mol. The van der Waals surface area contributed by atoms with Crippen molar-refractivity contribution >= 4 is 11.5 Å². The highest BCUT2D eigenvalue weighted by Gasteiger charge is 2.13. The zero-order valence-corrected chi connectivity index (χ0v) is 18.2. The lowest BCUT2D eigenvalue weighted by molar-refractivity contribution is 0.489. The topological polar surface area (TPSA) is 90.9 Å². The van der Waals surface area contributed by atoms with Crippen LogP contribution in [0.2, 0.25) is 0 Å². The number of nitrogens with zero attached hydrogens (tertiary/aromatic N) is 1. The predicted octanol–water partition coefficient (Wildman–Crippen LogP) is 2.52. The Kier molecular flexibility index (Phi) is 8.28. The Balaban J connectivity index is 1.46. The number of benzene rings is 1. The van der Waals surface area contributed by atoms with E-state index in [9.17, 15) is 9.59 Å². The van der Waals surface area contributed by atoms with Gasteiger partial charge in [0.1, 0.15) is 5.82 Å². The summed E-state index contributed by atoms with van der Waals surface area (Å²) in [6.07, 6.45) is 5.06. The Bertz CT molecular complexity index is 897. The lowest BCUT2D eigenvalue weighted by atomic mass is 10.1. The van der Waals surface area contributed by atoms with Gasteiger partial charge in [-0.15, -0.1) is 0 Å². The van der Waals surface area contributed by atoms with Crippen molar-refractivity contribution in [3.8, 4) is 0 Å². The molecule has 1 saturated heterocycles. The summed E-state index contributed by atoms with van der Waals surface area (Å²) in [5.74, 6) is 1.18. The summed E-state index contributed by atoms with van der Waals surface area (Å²) in [6, 6.07) is 7.51. The third kappa shape index (κ3) is 6.31. The maximum Gasteiger partial charge on any atom is 0.329 e. The lowest BCUT2D eigenvalue weighted by Crippen LogP contribution is -2.35. The van der Waals surface area contributed by atoms with Gasteiger partial charge in [0.2, 0.25) is 0 Å². The summed E-state index contributed by atoms with van der Waals surface area (Å²) in [4.78, 5) is 27.6. The molecule has 1 atom stereocenters. The van der Waals surface area contributed by atoms with Crippen LogP contribution in [-0.2, 0) is 13.0 Å². The number of nitrogens with one attached hydrogen (secondary N) is 4. The molecule has 7 heteroatoms. The summed E-state index contributed by atoms with van der Waals surface area (Å²) < 4.78 is 1.29. The highest BCUT2D eigenvalue weighted by Crippen LogP contribution is 2.18. The highest BCUT2D eigenvalue weighted by atomic mass is 16.2. The van der Waals surface area contributed by atoms with Crippen molar-refractivity contribution in [1.29, 1.82) is 0 Å². The van der Waals surface area contributed by atoms with Crippen molar-refractivity contribution in [2.75, 3.05) is 31.5 Å². The van der Waals surface area contributed by atoms with Crippen LogP contribution in [-0.4, -0.2) is 35.7 Å². The quantitative estimate of drug-likeness (QED) is 0.425. The van der Waals surface area contributed by atoms with Crippen molar-refractivity contribution in [2.24, 2.45) is 5.92 Å². The van der Waals surface area contributed by atoms with Crippen LogP contribution in [0.3, 0.4) is 0 Å². The van der Waals surface area contributed by atoms with Gasteiger partial charge < -0.3 is 16.0 Å². The number of rotatable bonds is 11. The molecule has 3 rings (SSSR count). The molecule has 0 saturated carbocycles. The SMILES string of the molecule is CCc1cc(Nc2cc(=O)n(CCCCCNC[C@H]3CCNC3)c(=O)[nH]2)ccc1C. The standard InChI is InChI=1S/C23H35N5O2/c1-3-19-13-20(8-7-17(19)2)26-21-14-22(29)28(23(30)27-21)12-6-4-5-10-24-15-18-9-11-25-16-18/h7-8,13-14,18,24-26H,3-6,9-12,15-16H2,1-2H3,(H,27,30)/t18-/m1/s1. The summed E-state index contributed by atoms with van der Waals surface area (Å²) in [7, 11) is 0. The van der Waals surface area contributed by atoms with Crippen molar-refractivity contribution in [2.45, 2.75) is 52.5 Å². The van der Waals surface area contributed by atoms with Gasteiger partial charge in [-0.1, -0.05) is 19.4 Å². The van der Waals surface area contributed by atoms with Gasteiger partial charge in [0.25, 0.3) is 5.56 Å². The Morgan fingerprint density at radius 1 is 1.17 bits per heavy atom. The minimum absolute atomic E-state index is 0.268. The fourth-order valence-electron chi connectivity index (χ4n) is 3.98. The van der Waals surface area contributed by atoms with Crippen molar-refractivity contribution in [1.82, 2.24) is 20.2 Å². The van der Waals surface area contributed by atoms with E-state index in [4.69, 9.17) is 0 Å². The molecule has 1 aliphatic heterocycles. The molecule has 0 radical (unpaired) electrons. The number of aromatic nitrogens is 2. The van der Waals surface area contributed by atoms with E-state index in [2.05, 4.69) is 40.8 Å². The van der Waals surface area contributed by atoms with Gasteiger partial charge in [0.15, 0.2) is 0 Å². The molecule has 0 unspecified atom stereocenters. The summed E-state index contributed by atoms with van der Waals surface area (Å²) >= 11 is 0. The van der Waals surface area contributed by atoms with Crippen LogP contribution in [0.25, 0.3) is 0 Å². The maximum absolute atomic E-state index is 12.4. The summed E-state index contributed by atoms with van der Waals surface area (Å²) in [6.45, 7) is 8.95. The van der Waals surface area contributed by atoms with Gasteiger partial charge in [-0.05, 0) is 88.0 Å². The number of unbranched alkanes of at least 4 members (excludes halogenated alkanes) is 2. The van der Waals surface area contributed by atoms with Crippen molar-refractivity contribution < 1.29 is 0 Å². The molecule has 30 heavy (non-hydrogen) atoms. The van der Waals surface area contributed by atoms with Crippen LogP contribution in [0.15, 0.2) is 33.9 Å². The average Bonchev–Trinajstić information content (AvgIpc) is 3.24. The van der Waals surface area contributed by atoms with Gasteiger partial charge >= 0.3 is 5.69 Å². The molecule has 2 heterocycles. The zero-order valence-electron chi connectivity index (χ0n) is 18.2. The van der Waals surface area contributed by atoms with E-state index in [0.29, 0.717) is 12.4 Å². The maximum atomic E-state index is 12.4. The molecule has 164 valence electrons. The molecule has 7 nitrogen and oxygen atoms in total. The van der Waals surface area contributed by atoms with Crippen molar-refractivity contribution in [3.05, 3.63) is 56.2 Å². The van der Waals surface area contributed by atoms with Crippen LogP contribution in [0.1, 0.15) is 43.7 Å². The van der Waals surface area contributed by atoms with Gasteiger partial charge in [0, 0.05) is 18.3 Å². The number of H-pyrrole nitrogens is 1. The molecule has 1 fully saturated rings. The summed E-state index contributed by atoms with van der Waals surface area (Å²) in [5.41, 5.74) is 2.71. The van der Waals surface area contributed by atoms with E-state index in [1.807, 2.05) is 12.1 Å². The largest absolute Gasteiger partial charge is 0.342 e. The predicted molar refractivity (Wildman–Crippen MR) is 123 cm³/mol. The molecule has 1 aromatic carbocycles. The number of hydrogen-bond donors (Lipinski definition) is 4. The first-order valence-corrected chi connectivity index (χ1v) is 11.2. The Morgan fingerprint density at radius 2 is 2.03 bits per heavy atom. The van der Waals surface area contributed by atoms with Gasteiger partial charge in [-0.2, -0.15) is 0 Å². The summed E-state index contributed by atoms with van der Waals surface area (Å²) in [5, 5.41) is 10.0.